The number of aryl methyl sites for hydroxylation is 2. The molecule has 0 saturated carbocycles. The van der Waals surface area contributed by atoms with Gasteiger partial charge in [0.15, 0.2) is 5.82 Å². The molecule has 2 heterocycles. The molecule has 1 amide bonds. The SMILES string of the molecule is CCc1nnc2sc(-c3ccc(C)c(NC(=O)C=Cc4ccc(Cl)c([N+](=O)[O-])c4)c3)nn12. The van der Waals surface area contributed by atoms with Crippen LogP contribution in [0.3, 0.4) is 0 Å². The molecule has 32 heavy (non-hydrogen) atoms. The number of nitrogens with zero attached hydrogens (tertiary/aromatic N) is 5. The third kappa shape index (κ3) is 4.36. The zero-order valence-electron chi connectivity index (χ0n) is 17.1. The van der Waals surface area contributed by atoms with Crippen LogP contribution in [0.1, 0.15) is 23.9 Å². The van der Waals surface area contributed by atoms with Crippen LogP contribution in [0.2, 0.25) is 5.02 Å². The Labute approximate surface area is 191 Å². The van der Waals surface area contributed by atoms with Crippen molar-refractivity contribution in [3.8, 4) is 10.6 Å². The molecule has 0 fully saturated rings. The summed E-state index contributed by atoms with van der Waals surface area (Å²) >= 11 is 7.24. The molecule has 0 saturated heterocycles. The number of nitrogens with one attached hydrogen (secondary N) is 1. The maximum Gasteiger partial charge on any atom is 0.288 e. The van der Waals surface area contributed by atoms with Gasteiger partial charge in [-0.3, -0.25) is 14.9 Å². The van der Waals surface area contributed by atoms with Gasteiger partial charge in [0.1, 0.15) is 10.0 Å². The van der Waals surface area contributed by atoms with Gasteiger partial charge in [0.05, 0.1) is 4.92 Å². The fourth-order valence-electron chi connectivity index (χ4n) is 3.00. The largest absolute Gasteiger partial charge is 0.322 e. The van der Waals surface area contributed by atoms with Crippen molar-refractivity contribution in [1.82, 2.24) is 19.8 Å². The van der Waals surface area contributed by atoms with E-state index in [1.54, 1.807) is 10.6 Å². The minimum absolute atomic E-state index is 0.0421. The maximum absolute atomic E-state index is 12.5. The van der Waals surface area contributed by atoms with Crippen LogP contribution in [0, 0.1) is 17.0 Å². The second-order valence-corrected chi connectivity index (χ2v) is 8.25. The van der Waals surface area contributed by atoms with Crippen molar-refractivity contribution in [2.75, 3.05) is 5.32 Å². The van der Waals surface area contributed by atoms with Gasteiger partial charge in [-0.1, -0.05) is 48.1 Å². The summed E-state index contributed by atoms with van der Waals surface area (Å²) in [6.07, 6.45) is 3.53. The molecule has 0 radical (unpaired) electrons. The molecular weight excluding hydrogens is 452 g/mol. The third-order valence-electron chi connectivity index (χ3n) is 4.71. The van der Waals surface area contributed by atoms with Gasteiger partial charge in [-0.2, -0.15) is 9.61 Å². The summed E-state index contributed by atoms with van der Waals surface area (Å²) in [5.74, 6) is 0.421. The summed E-state index contributed by atoms with van der Waals surface area (Å²) in [6.45, 7) is 3.88. The number of fused-ring (bicyclic) bond motifs is 1. The molecule has 0 aliphatic heterocycles. The number of aromatic nitrogens is 4. The van der Waals surface area contributed by atoms with E-state index in [1.807, 2.05) is 32.0 Å². The van der Waals surface area contributed by atoms with E-state index >= 15 is 0 Å². The highest BCUT2D eigenvalue weighted by molar-refractivity contribution is 7.19. The Hall–Kier alpha value is -3.63. The number of amides is 1. The fraction of sp³-hybridized carbons (Fsp3) is 0.143. The summed E-state index contributed by atoms with van der Waals surface area (Å²) in [5, 5.41) is 27.5. The van der Waals surface area contributed by atoms with E-state index in [1.165, 1.54) is 35.6 Å². The molecular formula is C21H17ClN6O3S. The van der Waals surface area contributed by atoms with Crippen molar-refractivity contribution in [1.29, 1.82) is 0 Å². The van der Waals surface area contributed by atoms with Gasteiger partial charge in [0.2, 0.25) is 10.9 Å². The van der Waals surface area contributed by atoms with Gasteiger partial charge >= 0.3 is 0 Å². The summed E-state index contributed by atoms with van der Waals surface area (Å²) in [5.41, 5.74) is 2.65. The zero-order valence-corrected chi connectivity index (χ0v) is 18.6. The van der Waals surface area contributed by atoms with Gasteiger partial charge < -0.3 is 5.32 Å². The predicted octanol–water partition coefficient (Wildman–Crippen LogP) is 4.94. The highest BCUT2D eigenvalue weighted by Gasteiger charge is 2.14. The van der Waals surface area contributed by atoms with Crippen LogP contribution in [0.4, 0.5) is 11.4 Å². The highest BCUT2D eigenvalue weighted by Crippen LogP contribution is 2.29. The van der Waals surface area contributed by atoms with Crippen molar-refractivity contribution < 1.29 is 9.72 Å². The Balaban J connectivity index is 1.54. The van der Waals surface area contributed by atoms with Gasteiger partial charge in [-0.25, -0.2) is 0 Å². The Kier molecular flexibility index (Phi) is 5.97. The predicted molar refractivity (Wildman–Crippen MR) is 124 cm³/mol. The standard InChI is InChI=1S/C21H17ClN6O3S/c1-3-18-24-25-21-27(18)26-20(32-21)14-7-4-12(2)16(11-14)23-19(29)9-6-13-5-8-15(22)17(10-13)28(30)31/h4-11H,3H2,1-2H3,(H,23,29). The topological polar surface area (TPSA) is 115 Å². The molecule has 11 heteroatoms. The molecule has 0 spiro atoms. The van der Waals surface area contributed by atoms with E-state index in [0.717, 1.165) is 28.4 Å². The van der Waals surface area contributed by atoms with E-state index in [0.29, 0.717) is 16.2 Å². The molecule has 2 aromatic carbocycles. The lowest BCUT2D eigenvalue weighted by Gasteiger charge is -2.08. The van der Waals surface area contributed by atoms with E-state index < -0.39 is 4.92 Å². The number of halogens is 1. The van der Waals surface area contributed by atoms with Crippen molar-refractivity contribution in [3.63, 3.8) is 0 Å². The highest BCUT2D eigenvalue weighted by atomic mass is 35.5. The van der Waals surface area contributed by atoms with Crippen LogP contribution in [0.25, 0.3) is 21.6 Å². The Morgan fingerprint density at radius 1 is 1.28 bits per heavy atom. The lowest BCUT2D eigenvalue weighted by Crippen LogP contribution is -2.09. The Bertz CT molecular complexity index is 1380. The summed E-state index contributed by atoms with van der Waals surface area (Å²) in [7, 11) is 0. The quantitative estimate of drug-likeness (QED) is 0.243. The fourth-order valence-corrected chi connectivity index (χ4v) is 4.04. The molecule has 4 rings (SSSR count). The van der Waals surface area contributed by atoms with Crippen LogP contribution in [-0.4, -0.2) is 30.6 Å². The van der Waals surface area contributed by atoms with E-state index in [4.69, 9.17) is 11.6 Å². The normalized spacial score (nSPS) is 11.3. The van der Waals surface area contributed by atoms with Crippen LogP contribution < -0.4 is 5.32 Å². The lowest BCUT2D eigenvalue weighted by atomic mass is 10.1. The molecule has 9 nitrogen and oxygen atoms in total. The number of carbonyl (C=O) groups excluding carboxylic acids is 1. The number of rotatable bonds is 6. The third-order valence-corrected chi connectivity index (χ3v) is 5.98. The monoisotopic (exact) mass is 468 g/mol. The number of anilines is 1. The first-order valence-corrected chi connectivity index (χ1v) is 10.8. The number of hydrogen-bond donors (Lipinski definition) is 1. The van der Waals surface area contributed by atoms with Crippen LogP contribution in [0.5, 0.6) is 0 Å². The van der Waals surface area contributed by atoms with E-state index in [-0.39, 0.29) is 16.6 Å². The molecule has 4 aromatic rings. The minimum atomic E-state index is -0.566. The number of hydrogen-bond acceptors (Lipinski definition) is 7. The average molecular weight is 469 g/mol. The number of carbonyl (C=O) groups is 1. The van der Waals surface area contributed by atoms with Crippen molar-refractivity contribution in [2.45, 2.75) is 20.3 Å². The van der Waals surface area contributed by atoms with Crippen LogP contribution >= 0.6 is 22.9 Å². The van der Waals surface area contributed by atoms with Crippen molar-refractivity contribution in [3.05, 3.63) is 74.6 Å². The van der Waals surface area contributed by atoms with E-state index in [9.17, 15) is 14.9 Å². The molecule has 0 aliphatic rings. The van der Waals surface area contributed by atoms with E-state index in [2.05, 4.69) is 20.6 Å². The number of benzene rings is 2. The second kappa shape index (κ2) is 8.85. The first-order valence-electron chi connectivity index (χ1n) is 9.61. The Morgan fingerprint density at radius 3 is 2.84 bits per heavy atom. The van der Waals surface area contributed by atoms with Crippen molar-refractivity contribution >= 4 is 51.3 Å². The van der Waals surface area contributed by atoms with Gasteiger partial charge in [-0.05, 0) is 36.3 Å². The van der Waals surface area contributed by atoms with Crippen molar-refractivity contribution in [2.24, 2.45) is 0 Å². The molecule has 1 N–H and O–H groups in total. The second-order valence-electron chi connectivity index (χ2n) is 6.89. The zero-order chi connectivity index (χ0) is 22.8. The Morgan fingerprint density at radius 2 is 2.09 bits per heavy atom. The number of nitro benzene ring substituents is 1. The smallest absolute Gasteiger partial charge is 0.288 e. The molecule has 0 aliphatic carbocycles. The molecule has 0 unspecified atom stereocenters. The first-order chi connectivity index (χ1) is 15.4. The number of nitro groups is 1. The first kappa shape index (κ1) is 21.6. The summed E-state index contributed by atoms with van der Waals surface area (Å²) < 4.78 is 1.73. The molecule has 0 bridgehead atoms. The molecule has 2 aromatic heterocycles. The van der Waals surface area contributed by atoms with Gasteiger partial charge in [0, 0.05) is 29.8 Å². The molecule has 162 valence electrons. The van der Waals surface area contributed by atoms with Crippen LogP contribution in [0.15, 0.2) is 42.5 Å². The van der Waals surface area contributed by atoms with Crippen LogP contribution in [-0.2, 0) is 11.2 Å². The molecule has 0 atom stereocenters. The summed E-state index contributed by atoms with van der Waals surface area (Å²) in [6, 6.07) is 10.0. The van der Waals surface area contributed by atoms with Gasteiger partial charge in [0.25, 0.3) is 5.69 Å². The minimum Gasteiger partial charge on any atom is -0.322 e. The van der Waals surface area contributed by atoms with Gasteiger partial charge in [-0.15, -0.1) is 10.2 Å². The lowest BCUT2D eigenvalue weighted by molar-refractivity contribution is -0.384. The average Bonchev–Trinajstić information content (AvgIpc) is 3.35. The maximum atomic E-state index is 12.5. The summed E-state index contributed by atoms with van der Waals surface area (Å²) in [4.78, 5) is 23.6.